The SMILES string of the molecule is c1ccc(-c2cc(-c3ccc(-c4ccc(-c5nc6c7ccccc7nc(-c7ccccn7)c6n5-c5ccccc5)cc4)cc3)nc(-c3ccccc3)n2)cc1. The molecule has 0 aliphatic heterocycles. The molecule has 0 aliphatic carbocycles. The fraction of sp³-hybridized carbons (Fsp3) is 0. The average Bonchev–Trinajstić information content (AvgIpc) is 3.68. The number of fused-ring (bicyclic) bond motifs is 3. The molecule has 6 aromatic carbocycles. The van der Waals surface area contributed by atoms with E-state index in [1.54, 1.807) is 0 Å². The summed E-state index contributed by atoms with van der Waals surface area (Å²) in [5, 5.41) is 1.00. The largest absolute Gasteiger partial charge is 0.290 e. The molecule has 0 N–H and O–H groups in total. The lowest BCUT2D eigenvalue weighted by molar-refractivity contribution is 1.10. The highest BCUT2D eigenvalue weighted by Crippen LogP contribution is 2.38. The molecule has 10 rings (SSSR count). The van der Waals surface area contributed by atoms with Crippen LogP contribution in [-0.2, 0) is 0 Å². The molecule has 258 valence electrons. The van der Waals surface area contributed by atoms with E-state index in [0.29, 0.717) is 5.82 Å². The molecule has 0 aliphatic rings. The number of rotatable bonds is 7. The van der Waals surface area contributed by atoms with Gasteiger partial charge < -0.3 is 0 Å². The van der Waals surface area contributed by atoms with Crippen LogP contribution in [0.15, 0.2) is 194 Å². The summed E-state index contributed by atoms with van der Waals surface area (Å²) < 4.78 is 2.22. The first-order valence-corrected chi connectivity index (χ1v) is 18.3. The number of imidazole rings is 1. The van der Waals surface area contributed by atoms with E-state index in [1.165, 1.54) is 0 Å². The van der Waals surface area contributed by atoms with Gasteiger partial charge in [-0.3, -0.25) is 9.55 Å². The van der Waals surface area contributed by atoms with E-state index in [1.807, 2.05) is 97.2 Å². The van der Waals surface area contributed by atoms with Crippen molar-refractivity contribution in [1.82, 2.24) is 29.5 Å². The van der Waals surface area contributed by atoms with E-state index < -0.39 is 0 Å². The van der Waals surface area contributed by atoms with Crippen LogP contribution in [0.1, 0.15) is 0 Å². The number of hydrogen-bond acceptors (Lipinski definition) is 5. The van der Waals surface area contributed by atoms with Gasteiger partial charge in [-0.05, 0) is 47.5 Å². The van der Waals surface area contributed by atoms with Crippen LogP contribution >= 0.6 is 0 Å². The van der Waals surface area contributed by atoms with Crippen LogP contribution in [0, 0.1) is 0 Å². The molecular formula is C49H32N6. The quantitative estimate of drug-likeness (QED) is 0.165. The Bertz CT molecular complexity index is 2870. The van der Waals surface area contributed by atoms with E-state index in [9.17, 15) is 0 Å². The van der Waals surface area contributed by atoms with Gasteiger partial charge in [0.15, 0.2) is 5.82 Å². The van der Waals surface area contributed by atoms with E-state index in [0.717, 1.165) is 89.6 Å². The van der Waals surface area contributed by atoms with Crippen LogP contribution < -0.4 is 0 Å². The molecule has 0 spiro atoms. The third-order valence-electron chi connectivity index (χ3n) is 9.90. The van der Waals surface area contributed by atoms with Gasteiger partial charge in [0.2, 0.25) is 0 Å². The van der Waals surface area contributed by atoms with Gasteiger partial charge in [-0.2, -0.15) is 0 Å². The number of benzene rings is 6. The molecule has 0 bridgehead atoms. The van der Waals surface area contributed by atoms with Crippen molar-refractivity contribution in [1.29, 1.82) is 0 Å². The molecule has 0 fully saturated rings. The van der Waals surface area contributed by atoms with Gasteiger partial charge in [0, 0.05) is 39.5 Å². The lowest BCUT2D eigenvalue weighted by atomic mass is 10.0. The van der Waals surface area contributed by atoms with Gasteiger partial charge in [0.25, 0.3) is 0 Å². The first-order valence-electron chi connectivity index (χ1n) is 18.3. The van der Waals surface area contributed by atoms with Gasteiger partial charge in [0.1, 0.15) is 22.6 Å². The fourth-order valence-electron chi connectivity index (χ4n) is 7.19. The number of para-hydroxylation sites is 2. The van der Waals surface area contributed by atoms with E-state index in [-0.39, 0.29) is 0 Å². The highest BCUT2D eigenvalue weighted by molar-refractivity contribution is 6.09. The second-order valence-electron chi connectivity index (χ2n) is 13.3. The second-order valence-corrected chi connectivity index (χ2v) is 13.3. The maximum atomic E-state index is 5.36. The number of pyridine rings is 2. The third kappa shape index (κ3) is 6.02. The molecule has 4 heterocycles. The van der Waals surface area contributed by atoms with Gasteiger partial charge in [0.05, 0.1) is 22.6 Å². The van der Waals surface area contributed by atoms with Crippen LogP contribution in [0.3, 0.4) is 0 Å². The van der Waals surface area contributed by atoms with Crippen molar-refractivity contribution in [2.24, 2.45) is 0 Å². The lowest BCUT2D eigenvalue weighted by Gasteiger charge is -2.13. The van der Waals surface area contributed by atoms with Crippen LogP contribution in [0.2, 0.25) is 0 Å². The van der Waals surface area contributed by atoms with Crippen molar-refractivity contribution in [2.75, 3.05) is 0 Å². The van der Waals surface area contributed by atoms with E-state index in [2.05, 4.69) is 102 Å². The van der Waals surface area contributed by atoms with E-state index >= 15 is 0 Å². The van der Waals surface area contributed by atoms with Crippen LogP contribution in [0.4, 0.5) is 0 Å². The van der Waals surface area contributed by atoms with Crippen molar-refractivity contribution in [3.05, 3.63) is 194 Å². The minimum absolute atomic E-state index is 0.703. The van der Waals surface area contributed by atoms with Crippen LogP contribution in [0.5, 0.6) is 0 Å². The molecule has 55 heavy (non-hydrogen) atoms. The number of hydrogen-bond donors (Lipinski definition) is 0. The maximum Gasteiger partial charge on any atom is 0.160 e. The molecule has 0 radical (unpaired) electrons. The zero-order valence-corrected chi connectivity index (χ0v) is 29.7. The van der Waals surface area contributed by atoms with Crippen LogP contribution in [-0.4, -0.2) is 29.5 Å². The Hall–Kier alpha value is -7.57. The van der Waals surface area contributed by atoms with Crippen molar-refractivity contribution >= 4 is 21.9 Å². The topological polar surface area (TPSA) is 69.4 Å². The minimum Gasteiger partial charge on any atom is -0.290 e. The van der Waals surface area contributed by atoms with E-state index in [4.69, 9.17) is 24.9 Å². The second kappa shape index (κ2) is 13.8. The predicted molar refractivity (Wildman–Crippen MR) is 222 cm³/mol. The highest BCUT2D eigenvalue weighted by atomic mass is 15.1. The first-order chi connectivity index (χ1) is 27.3. The summed E-state index contributed by atoms with van der Waals surface area (Å²) in [6, 6.07) is 64.2. The third-order valence-corrected chi connectivity index (χ3v) is 9.90. The molecule has 4 aromatic heterocycles. The Balaban J connectivity index is 1.05. The summed E-state index contributed by atoms with van der Waals surface area (Å²) in [6.07, 6.45) is 1.81. The van der Waals surface area contributed by atoms with Crippen molar-refractivity contribution in [3.8, 4) is 73.5 Å². The average molecular weight is 705 g/mol. The van der Waals surface area contributed by atoms with Crippen molar-refractivity contribution in [3.63, 3.8) is 0 Å². The smallest absolute Gasteiger partial charge is 0.160 e. The Kier molecular flexibility index (Phi) is 8.04. The molecule has 0 atom stereocenters. The Morgan fingerprint density at radius 3 is 1.58 bits per heavy atom. The summed E-state index contributed by atoms with van der Waals surface area (Å²) in [5.74, 6) is 1.54. The zero-order valence-electron chi connectivity index (χ0n) is 29.7. The van der Waals surface area contributed by atoms with Crippen molar-refractivity contribution < 1.29 is 0 Å². The number of nitrogens with zero attached hydrogens (tertiary/aromatic N) is 6. The maximum absolute atomic E-state index is 5.36. The van der Waals surface area contributed by atoms with Gasteiger partial charge >= 0.3 is 0 Å². The lowest BCUT2D eigenvalue weighted by Crippen LogP contribution is -2.00. The van der Waals surface area contributed by atoms with Crippen molar-refractivity contribution in [2.45, 2.75) is 0 Å². The molecule has 0 saturated carbocycles. The minimum atomic E-state index is 0.703. The Morgan fingerprint density at radius 1 is 0.382 bits per heavy atom. The molecule has 0 saturated heterocycles. The normalized spacial score (nSPS) is 11.3. The van der Waals surface area contributed by atoms with Gasteiger partial charge in [-0.25, -0.2) is 19.9 Å². The standard InChI is InChI=1S/C49H32N6/c1-4-14-35(15-5-1)43-32-44(53-48(52-43)37-16-6-2-7-17-37)36-27-23-33(24-28-36)34-25-29-38(30-26-34)49-54-45-40-20-10-11-21-41(40)51-46(42-22-12-13-31-50-42)47(45)55(49)39-18-8-3-9-19-39/h1-32H. The molecular weight excluding hydrogens is 673 g/mol. The fourth-order valence-corrected chi connectivity index (χ4v) is 7.19. The monoisotopic (exact) mass is 704 g/mol. The van der Waals surface area contributed by atoms with Gasteiger partial charge in [-0.1, -0.05) is 152 Å². The summed E-state index contributed by atoms with van der Waals surface area (Å²) in [4.78, 5) is 25.2. The summed E-state index contributed by atoms with van der Waals surface area (Å²) >= 11 is 0. The number of aromatic nitrogens is 6. The molecule has 0 unspecified atom stereocenters. The molecule has 6 nitrogen and oxygen atoms in total. The summed E-state index contributed by atoms with van der Waals surface area (Å²) in [5.41, 5.74) is 13.3. The Morgan fingerprint density at radius 2 is 0.927 bits per heavy atom. The van der Waals surface area contributed by atoms with Gasteiger partial charge in [-0.15, -0.1) is 0 Å². The molecule has 10 aromatic rings. The predicted octanol–water partition coefficient (Wildman–Crippen LogP) is 11.8. The highest BCUT2D eigenvalue weighted by Gasteiger charge is 2.22. The molecule has 0 amide bonds. The summed E-state index contributed by atoms with van der Waals surface area (Å²) in [6.45, 7) is 0. The zero-order chi connectivity index (χ0) is 36.6. The Labute approximate surface area is 318 Å². The van der Waals surface area contributed by atoms with Crippen LogP contribution in [0.25, 0.3) is 95.4 Å². The summed E-state index contributed by atoms with van der Waals surface area (Å²) in [7, 11) is 0. The molecule has 6 heteroatoms. The first kappa shape index (κ1) is 32.1.